The first-order valence-electron chi connectivity index (χ1n) is 4.99. The minimum Gasteiger partial charge on any atom is -0.316 e. The molecule has 2 rings (SSSR count). The molecule has 0 spiro atoms. The highest BCUT2D eigenvalue weighted by Gasteiger charge is 2.08. The fourth-order valence-corrected chi connectivity index (χ4v) is 1.48. The second kappa shape index (κ2) is 4.72. The van der Waals surface area contributed by atoms with E-state index in [1.165, 1.54) is 17.1 Å². The van der Waals surface area contributed by atoms with Gasteiger partial charge in [-0.25, -0.2) is 14.1 Å². The number of nitriles is 1. The van der Waals surface area contributed by atoms with Gasteiger partial charge in [-0.05, 0) is 24.7 Å². The van der Waals surface area contributed by atoms with Crippen LogP contribution in [-0.2, 0) is 6.54 Å². The van der Waals surface area contributed by atoms with Crippen molar-refractivity contribution in [2.24, 2.45) is 0 Å². The van der Waals surface area contributed by atoms with Gasteiger partial charge in [-0.1, -0.05) is 6.07 Å². The van der Waals surface area contributed by atoms with Gasteiger partial charge in [0.05, 0.1) is 0 Å². The van der Waals surface area contributed by atoms with Crippen molar-refractivity contribution in [1.29, 1.82) is 5.26 Å². The third-order valence-corrected chi connectivity index (χ3v) is 2.23. The van der Waals surface area contributed by atoms with Crippen molar-refractivity contribution >= 4 is 0 Å². The Kier molecular flexibility index (Phi) is 3.12. The summed E-state index contributed by atoms with van der Waals surface area (Å²) in [6.07, 6.45) is 1.31. The number of hydrogen-bond donors (Lipinski definition) is 1. The molecule has 0 saturated carbocycles. The molecule has 2 aromatic rings. The average molecular weight is 231 g/mol. The number of hydrogen-bond acceptors (Lipinski definition) is 4. The van der Waals surface area contributed by atoms with Crippen LogP contribution in [0.25, 0.3) is 5.69 Å². The van der Waals surface area contributed by atoms with E-state index >= 15 is 0 Å². The normalized spacial score (nSPS) is 10.2. The van der Waals surface area contributed by atoms with Crippen molar-refractivity contribution in [3.8, 4) is 11.8 Å². The summed E-state index contributed by atoms with van der Waals surface area (Å²) in [5, 5.41) is 15.4. The van der Waals surface area contributed by atoms with Crippen molar-refractivity contribution in [2.45, 2.75) is 6.54 Å². The molecule has 0 aliphatic carbocycles. The molecule has 1 aromatic heterocycles. The van der Waals surface area contributed by atoms with Gasteiger partial charge in [0.25, 0.3) is 5.82 Å². The van der Waals surface area contributed by atoms with E-state index in [-0.39, 0.29) is 11.5 Å². The van der Waals surface area contributed by atoms with Crippen LogP contribution in [0.1, 0.15) is 11.4 Å². The number of benzene rings is 1. The largest absolute Gasteiger partial charge is 0.316 e. The summed E-state index contributed by atoms with van der Waals surface area (Å²) in [7, 11) is 1.79. The summed E-state index contributed by atoms with van der Waals surface area (Å²) in [5.41, 5.74) is 1.12. The van der Waals surface area contributed by atoms with Crippen LogP contribution in [-0.4, -0.2) is 21.8 Å². The first-order valence-corrected chi connectivity index (χ1v) is 4.99. The third-order valence-electron chi connectivity index (χ3n) is 2.23. The van der Waals surface area contributed by atoms with Crippen LogP contribution < -0.4 is 5.32 Å². The maximum absolute atomic E-state index is 13.8. The van der Waals surface area contributed by atoms with Gasteiger partial charge in [0.1, 0.15) is 23.9 Å². The Morgan fingerprint density at radius 1 is 1.53 bits per heavy atom. The molecule has 1 N–H and O–H groups in total. The Labute approximate surface area is 97.5 Å². The van der Waals surface area contributed by atoms with Crippen LogP contribution >= 0.6 is 0 Å². The Hall–Kier alpha value is -2.26. The van der Waals surface area contributed by atoms with Crippen molar-refractivity contribution in [1.82, 2.24) is 20.1 Å². The lowest BCUT2D eigenvalue weighted by Crippen LogP contribution is -2.06. The summed E-state index contributed by atoms with van der Waals surface area (Å²) in [6, 6.07) is 6.63. The predicted octanol–water partition coefficient (Wildman–Crippen LogP) is 0.997. The second-order valence-electron chi connectivity index (χ2n) is 3.44. The van der Waals surface area contributed by atoms with Crippen molar-refractivity contribution in [2.75, 3.05) is 7.05 Å². The highest BCUT2D eigenvalue weighted by atomic mass is 19.1. The quantitative estimate of drug-likeness (QED) is 0.855. The van der Waals surface area contributed by atoms with Gasteiger partial charge in [0, 0.05) is 6.54 Å². The molecule has 1 aromatic carbocycles. The van der Waals surface area contributed by atoms with E-state index in [9.17, 15) is 4.39 Å². The smallest absolute Gasteiger partial charge is 0.252 e. The zero-order valence-electron chi connectivity index (χ0n) is 9.18. The Morgan fingerprint density at radius 3 is 2.94 bits per heavy atom. The van der Waals surface area contributed by atoms with Crippen LogP contribution in [0.5, 0.6) is 0 Å². The molecule has 17 heavy (non-hydrogen) atoms. The maximum atomic E-state index is 13.8. The Balaban J connectivity index is 2.36. The van der Waals surface area contributed by atoms with E-state index in [0.717, 1.165) is 5.56 Å². The van der Waals surface area contributed by atoms with Crippen LogP contribution in [0, 0.1) is 17.1 Å². The molecule has 5 nitrogen and oxygen atoms in total. The predicted molar refractivity (Wildman–Crippen MR) is 58.8 cm³/mol. The summed E-state index contributed by atoms with van der Waals surface area (Å²) >= 11 is 0. The summed E-state index contributed by atoms with van der Waals surface area (Å²) in [5.74, 6) is -0.379. The van der Waals surface area contributed by atoms with E-state index in [1.807, 2.05) is 0 Å². The Bertz CT molecular complexity index is 569. The maximum Gasteiger partial charge on any atom is 0.252 e. The topological polar surface area (TPSA) is 66.5 Å². The zero-order chi connectivity index (χ0) is 12.3. The second-order valence-corrected chi connectivity index (χ2v) is 3.44. The standard InChI is InChI=1S/C11H10FN5/c1-14-6-8-2-3-10(9(12)4-8)17-7-15-11(5-13)16-17/h2-4,7,14H,6H2,1H3. The van der Waals surface area contributed by atoms with Gasteiger partial charge < -0.3 is 5.32 Å². The van der Waals surface area contributed by atoms with Gasteiger partial charge in [0.2, 0.25) is 0 Å². The molecule has 0 amide bonds. The number of rotatable bonds is 3. The Morgan fingerprint density at radius 2 is 2.35 bits per heavy atom. The molecule has 0 aliphatic heterocycles. The molecule has 0 radical (unpaired) electrons. The fraction of sp³-hybridized carbons (Fsp3) is 0.182. The molecule has 0 unspecified atom stereocenters. The molecular weight excluding hydrogens is 221 g/mol. The number of halogens is 1. The summed E-state index contributed by atoms with van der Waals surface area (Å²) in [4.78, 5) is 3.72. The van der Waals surface area contributed by atoms with Gasteiger partial charge in [-0.2, -0.15) is 5.26 Å². The number of nitrogens with one attached hydrogen (secondary N) is 1. The van der Waals surface area contributed by atoms with Crippen LogP contribution in [0.3, 0.4) is 0 Å². The first kappa shape index (κ1) is 11.2. The van der Waals surface area contributed by atoms with Crippen molar-refractivity contribution in [3.05, 3.63) is 41.7 Å². The van der Waals surface area contributed by atoms with E-state index in [4.69, 9.17) is 5.26 Å². The number of nitrogens with zero attached hydrogens (tertiary/aromatic N) is 4. The summed E-state index contributed by atoms with van der Waals surface area (Å²) < 4.78 is 15.0. The molecule has 0 bridgehead atoms. The molecule has 0 fully saturated rings. The third kappa shape index (κ3) is 2.29. The van der Waals surface area contributed by atoms with Gasteiger partial charge in [0.15, 0.2) is 0 Å². The minimum absolute atomic E-state index is 0.0173. The van der Waals surface area contributed by atoms with E-state index < -0.39 is 5.82 Å². The molecule has 86 valence electrons. The van der Waals surface area contributed by atoms with Gasteiger partial charge in [-0.15, -0.1) is 5.10 Å². The van der Waals surface area contributed by atoms with Crippen molar-refractivity contribution < 1.29 is 4.39 Å². The minimum atomic E-state index is -0.396. The lowest BCUT2D eigenvalue weighted by atomic mass is 10.2. The lowest BCUT2D eigenvalue weighted by molar-refractivity contribution is 0.606. The van der Waals surface area contributed by atoms with Crippen LogP contribution in [0.4, 0.5) is 4.39 Å². The monoisotopic (exact) mass is 231 g/mol. The first-order chi connectivity index (χ1) is 8.24. The van der Waals surface area contributed by atoms with E-state index in [1.54, 1.807) is 25.2 Å². The van der Waals surface area contributed by atoms with Crippen LogP contribution in [0.15, 0.2) is 24.5 Å². The molecule has 1 heterocycles. The van der Waals surface area contributed by atoms with Crippen molar-refractivity contribution in [3.63, 3.8) is 0 Å². The highest BCUT2D eigenvalue weighted by molar-refractivity contribution is 5.35. The van der Waals surface area contributed by atoms with Gasteiger partial charge >= 0.3 is 0 Å². The SMILES string of the molecule is CNCc1ccc(-n2cnc(C#N)n2)c(F)c1. The molecule has 0 atom stereocenters. The lowest BCUT2D eigenvalue weighted by Gasteiger charge is -2.05. The van der Waals surface area contributed by atoms with Gasteiger partial charge in [-0.3, -0.25) is 0 Å². The average Bonchev–Trinajstić information content (AvgIpc) is 2.78. The highest BCUT2D eigenvalue weighted by Crippen LogP contribution is 2.14. The summed E-state index contributed by atoms with van der Waals surface area (Å²) in [6.45, 7) is 0.595. The molecule has 0 aliphatic rings. The van der Waals surface area contributed by atoms with E-state index in [0.29, 0.717) is 6.54 Å². The zero-order valence-corrected chi connectivity index (χ0v) is 9.18. The number of aromatic nitrogens is 3. The van der Waals surface area contributed by atoms with E-state index in [2.05, 4.69) is 15.4 Å². The molecule has 6 heteroatoms. The molecular formula is C11H10FN5. The fourth-order valence-electron chi connectivity index (χ4n) is 1.48. The molecule has 0 saturated heterocycles. The van der Waals surface area contributed by atoms with Crippen LogP contribution in [0.2, 0.25) is 0 Å².